The van der Waals surface area contributed by atoms with Crippen LogP contribution in [-0.2, 0) is 6.67 Å². The van der Waals surface area contributed by atoms with E-state index in [2.05, 4.69) is 72.7 Å². The summed E-state index contributed by atoms with van der Waals surface area (Å²) < 4.78 is 7.84. The molecule has 5 nitrogen and oxygen atoms in total. The maximum Gasteiger partial charge on any atom is 0.336 e. The highest BCUT2D eigenvalue weighted by molar-refractivity contribution is 5.83. The van der Waals surface area contributed by atoms with Crippen molar-refractivity contribution in [3.63, 3.8) is 0 Å². The minimum Gasteiger partial charge on any atom is -0.423 e. The van der Waals surface area contributed by atoms with Gasteiger partial charge in [-0.25, -0.2) is 9.78 Å². The molecule has 1 atom stereocenters. The Labute approximate surface area is 191 Å². The normalized spacial score (nSPS) is 15.8. The van der Waals surface area contributed by atoms with Crippen LogP contribution in [0.15, 0.2) is 75.9 Å². The number of imidazole rings is 1. The van der Waals surface area contributed by atoms with Crippen LogP contribution >= 0.6 is 0 Å². The molecule has 3 heterocycles. The second-order valence-electron chi connectivity index (χ2n) is 9.04. The molecule has 5 aromatic rings. The number of anilines is 1. The lowest BCUT2D eigenvalue weighted by Crippen LogP contribution is -2.38. The summed E-state index contributed by atoms with van der Waals surface area (Å²) in [7, 11) is 0. The van der Waals surface area contributed by atoms with E-state index in [0.717, 1.165) is 46.6 Å². The molecule has 1 aliphatic heterocycles. The van der Waals surface area contributed by atoms with Crippen LogP contribution in [0.5, 0.6) is 0 Å². The van der Waals surface area contributed by atoms with Crippen molar-refractivity contribution in [1.29, 1.82) is 0 Å². The van der Waals surface area contributed by atoms with Gasteiger partial charge in [-0.3, -0.25) is 0 Å². The van der Waals surface area contributed by atoms with E-state index in [1.807, 2.05) is 18.2 Å². The second-order valence-corrected chi connectivity index (χ2v) is 9.04. The third kappa shape index (κ3) is 3.15. The molecule has 0 spiro atoms. The first-order chi connectivity index (χ1) is 16.0. The lowest BCUT2D eigenvalue weighted by Gasteiger charge is -2.37. The van der Waals surface area contributed by atoms with Gasteiger partial charge in [0.2, 0.25) is 0 Å². The average Bonchev–Trinajstić information content (AvgIpc) is 3.19. The highest BCUT2D eigenvalue weighted by Crippen LogP contribution is 2.38. The number of aryl methyl sites for hydroxylation is 2. The molecule has 0 radical (unpaired) electrons. The molecule has 164 valence electrons. The van der Waals surface area contributed by atoms with Crippen molar-refractivity contribution < 1.29 is 4.42 Å². The molecular formula is C28H25N3O2. The molecule has 2 aromatic heterocycles. The van der Waals surface area contributed by atoms with E-state index in [1.54, 1.807) is 6.07 Å². The summed E-state index contributed by atoms with van der Waals surface area (Å²) in [5, 5.41) is 0.973. The summed E-state index contributed by atoms with van der Waals surface area (Å²) in [6.07, 6.45) is 0. The molecule has 0 saturated heterocycles. The van der Waals surface area contributed by atoms with E-state index in [4.69, 9.17) is 9.40 Å². The number of rotatable bonds is 2. The number of benzene rings is 3. The molecule has 0 bridgehead atoms. The summed E-state index contributed by atoms with van der Waals surface area (Å²) in [6.45, 7) is 7.84. The zero-order valence-corrected chi connectivity index (χ0v) is 19.0. The van der Waals surface area contributed by atoms with Crippen molar-refractivity contribution in [3.05, 3.63) is 105 Å². The molecule has 0 fully saturated rings. The minimum atomic E-state index is -0.326. The van der Waals surface area contributed by atoms with Gasteiger partial charge in [0.1, 0.15) is 11.4 Å². The van der Waals surface area contributed by atoms with Crippen LogP contribution in [0.1, 0.15) is 34.0 Å². The van der Waals surface area contributed by atoms with Crippen LogP contribution in [0.4, 0.5) is 5.69 Å². The molecule has 0 saturated carbocycles. The van der Waals surface area contributed by atoms with Gasteiger partial charge in [-0.15, -0.1) is 0 Å². The predicted octanol–water partition coefficient (Wildman–Crippen LogP) is 5.68. The van der Waals surface area contributed by atoms with Gasteiger partial charge in [0.15, 0.2) is 0 Å². The van der Waals surface area contributed by atoms with Gasteiger partial charge in [0.05, 0.1) is 23.6 Å². The molecule has 0 amide bonds. The Morgan fingerprint density at radius 3 is 2.70 bits per heavy atom. The minimum absolute atomic E-state index is 0.0699. The Kier molecular flexibility index (Phi) is 4.40. The molecule has 33 heavy (non-hydrogen) atoms. The second kappa shape index (κ2) is 7.34. The first-order valence-corrected chi connectivity index (χ1v) is 11.3. The number of hydrogen-bond donors (Lipinski definition) is 0. The molecule has 5 heteroatoms. The third-order valence-corrected chi connectivity index (χ3v) is 6.93. The topological polar surface area (TPSA) is 51.3 Å². The standard InChI is InChI=1S/C28H25N3O2/c1-17-11-12-26-21(13-17)20(14-27(32)33-26)22-15-30(24-10-6-7-18(2)19(24)3)16-31-25-9-5-4-8-23(25)29-28(22)31/h4-14,22H,15-16H2,1-3H3. The van der Waals surface area contributed by atoms with E-state index in [1.165, 1.54) is 16.8 Å². The summed E-state index contributed by atoms with van der Waals surface area (Å²) in [5.41, 5.74) is 8.24. The van der Waals surface area contributed by atoms with Crippen molar-refractivity contribution in [2.75, 3.05) is 11.4 Å². The highest BCUT2D eigenvalue weighted by Gasteiger charge is 2.32. The molecular weight excluding hydrogens is 410 g/mol. The van der Waals surface area contributed by atoms with Crippen LogP contribution in [0, 0.1) is 20.8 Å². The van der Waals surface area contributed by atoms with Gasteiger partial charge in [0.25, 0.3) is 0 Å². The Morgan fingerprint density at radius 2 is 1.82 bits per heavy atom. The maximum atomic E-state index is 12.6. The summed E-state index contributed by atoms with van der Waals surface area (Å²) in [5.74, 6) is 0.922. The van der Waals surface area contributed by atoms with E-state index >= 15 is 0 Å². The smallest absolute Gasteiger partial charge is 0.336 e. The van der Waals surface area contributed by atoms with E-state index < -0.39 is 0 Å². The quantitative estimate of drug-likeness (QED) is 0.335. The number of para-hydroxylation sites is 2. The lowest BCUT2D eigenvalue weighted by atomic mass is 9.92. The lowest BCUT2D eigenvalue weighted by molar-refractivity contribution is 0.516. The van der Waals surface area contributed by atoms with Gasteiger partial charge in [-0.1, -0.05) is 35.9 Å². The van der Waals surface area contributed by atoms with Crippen LogP contribution < -0.4 is 10.5 Å². The zero-order chi connectivity index (χ0) is 22.7. The number of fused-ring (bicyclic) bond motifs is 4. The van der Waals surface area contributed by atoms with Crippen molar-refractivity contribution in [2.24, 2.45) is 0 Å². The molecule has 1 aliphatic rings. The Hall–Kier alpha value is -3.86. The maximum absolute atomic E-state index is 12.6. The number of nitrogens with zero attached hydrogens (tertiary/aromatic N) is 3. The molecule has 6 rings (SSSR count). The summed E-state index contributed by atoms with van der Waals surface area (Å²) in [4.78, 5) is 20.0. The van der Waals surface area contributed by atoms with Gasteiger partial charge >= 0.3 is 5.63 Å². The van der Waals surface area contributed by atoms with Crippen molar-refractivity contribution in [1.82, 2.24) is 9.55 Å². The van der Waals surface area contributed by atoms with Crippen LogP contribution in [-0.4, -0.2) is 16.1 Å². The fraction of sp³-hybridized carbons (Fsp3) is 0.214. The van der Waals surface area contributed by atoms with E-state index in [9.17, 15) is 4.79 Å². The van der Waals surface area contributed by atoms with Gasteiger partial charge in [0, 0.05) is 23.7 Å². The van der Waals surface area contributed by atoms with Crippen molar-refractivity contribution >= 4 is 27.7 Å². The van der Waals surface area contributed by atoms with E-state index in [0.29, 0.717) is 5.58 Å². The van der Waals surface area contributed by atoms with Crippen LogP contribution in [0.25, 0.3) is 22.0 Å². The summed E-state index contributed by atoms with van der Waals surface area (Å²) >= 11 is 0. The number of hydrogen-bond acceptors (Lipinski definition) is 4. The van der Waals surface area contributed by atoms with Crippen molar-refractivity contribution in [3.8, 4) is 0 Å². The van der Waals surface area contributed by atoms with Gasteiger partial charge in [-0.2, -0.15) is 0 Å². The van der Waals surface area contributed by atoms with Gasteiger partial charge in [-0.05, 0) is 67.8 Å². The molecule has 0 N–H and O–H groups in total. The predicted molar refractivity (Wildman–Crippen MR) is 132 cm³/mol. The fourth-order valence-corrected chi connectivity index (χ4v) is 5.12. The Bertz CT molecular complexity index is 1590. The van der Waals surface area contributed by atoms with Crippen LogP contribution in [0.2, 0.25) is 0 Å². The third-order valence-electron chi connectivity index (χ3n) is 6.93. The molecule has 3 aromatic carbocycles. The molecule has 1 unspecified atom stereocenters. The van der Waals surface area contributed by atoms with Crippen LogP contribution in [0.3, 0.4) is 0 Å². The largest absolute Gasteiger partial charge is 0.423 e. The first-order valence-electron chi connectivity index (χ1n) is 11.3. The Morgan fingerprint density at radius 1 is 0.970 bits per heavy atom. The van der Waals surface area contributed by atoms with E-state index in [-0.39, 0.29) is 11.5 Å². The van der Waals surface area contributed by atoms with Crippen molar-refractivity contribution in [2.45, 2.75) is 33.4 Å². The fourth-order valence-electron chi connectivity index (χ4n) is 5.12. The summed E-state index contributed by atoms with van der Waals surface area (Å²) in [6, 6.07) is 22.3. The monoisotopic (exact) mass is 435 g/mol. The highest BCUT2D eigenvalue weighted by atomic mass is 16.4. The first kappa shape index (κ1) is 19.8. The Balaban J connectivity index is 1.62. The molecule has 0 aliphatic carbocycles. The SMILES string of the molecule is Cc1ccc2oc(=O)cc(C3CN(c4cccc(C)c4C)Cn4c3nc3ccccc34)c2c1. The van der Waals surface area contributed by atoms with Gasteiger partial charge < -0.3 is 13.9 Å². The average molecular weight is 436 g/mol. The zero-order valence-electron chi connectivity index (χ0n) is 19.0. The number of aromatic nitrogens is 2.